The highest BCUT2D eigenvalue weighted by Gasteiger charge is 2.20. The van der Waals surface area contributed by atoms with Gasteiger partial charge in [-0.3, -0.25) is 4.79 Å². The molecule has 0 aliphatic carbocycles. The molecule has 0 aliphatic heterocycles. The Balaban J connectivity index is 1.77. The van der Waals surface area contributed by atoms with Crippen molar-refractivity contribution in [1.29, 1.82) is 0 Å². The first-order chi connectivity index (χ1) is 15.5. The molecule has 4 aromatic rings. The quantitative estimate of drug-likeness (QED) is 0.476. The SMILES string of the molecule is CC(C)n1nccc(-c2nc(OCCc3ccccc3)c(N)nc2-c2ccccc2)c1=O. The molecular weight excluding hydrogens is 402 g/mol. The summed E-state index contributed by atoms with van der Waals surface area (Å²) in [5, 5.41) is 4.19. The zero-order chi connectivity index (χ0) is 22.5. The summed E-state index contributed by atoms with van der Waals surface area (Å²) in [5.41, 5.74) is 9.26. The summed E-state index contributed by atoms with van der Waals surface area (Å²) in [6.07, 6.45) is 2.30. The van der Waals surface area contributed by atoms with Gasteiger partial charge in [0.15, 0.2) is 5.82 Å². The zero-order valence-corrected chi connectivity index (χ0v) is 18.1. The minimum Gasteiger partial charge on any atom is -0.475 e. The summed E-state index contributed by atoms with van der Waals surface area (Å²) in [7, 11) is 0. The molecule has 0 saturated heterocycles. The van der Waals surface area contributed by atoms with Crippen molar-refractivity contribution in [2.45, 2.75) is 26.3 Å². The van der Waals surface area contributed by atoms with E-state index in [1.54, 1.807) is 12.3 Å². The second-order valence-electron chi connectivity index (χ2n) is 7.65. The van der Waals surface area contributed by atoms with Gasteiger partial charge < -0.3 is 10.5 Å². The topological polar surface area (TPSA) is 95.9 Å². The van der Waals surface area contributed by atoms with Gasteiger partial charge >= 0.3 is 0 Å². The van der Waals surface area contributed by atoms with Gasteiger partial charge in [-0.05, 0) is 25.5 Å². The van der Waals surface area contributed by atoms with Crippen molar-refractivity contribution in [3.8, 4) is 28.4 Å². The van der Waals surface area contributed by atoms with Gasteiger partial charge in [0.25, 0.3) is 11.4 Å². The van der Waals surface area contributed by atoms with Crippen molar-refractivity contribution >= 4 is 5.82 Å². The lowest BCUT2D eigenvalue weighted by Gasteiger charge is -2.15. The van der Waals surface area contributed by atoms with Gasteiger partial charge in [0.1, 0.15) is 5.69 Å². The minimum absolute atomic E-state index is 0.0917. The average Bonchev–Trinajstić information content (AvgIpc) is 2.81. The zero-order valence-electron chi connectivity index (χ0n) is 18.1. The molecular formula is C25H25N5O2. The van der Waals surface area contributed by atoms with Crippen molar-refractivity contribution < 1.29 is 4.74 Å². The molecule has 2 aromatic carbocycles. The molecule has 7 heteroatoms. The van der Waals surface area contributed by atoms with Crippen LogP contribution < -0.4 is 16.0 Å². The first-order valence-corrected chi connectivity index (χ1v) is 10.5. The van der Waals surface area contributed by atoms with Gasteiger partial charge in [-0.25, -0.2) is 14.6 Å². The second-order valence-corrected chi connectivity index (χ2v) is 7.65. The number of aromatic nitrogens is 4. The third-order valence-electron chi connectivity index (χ3n) is 5.02. The maximum absolute atomic E-state index is 13.2. The van der Waals surface area contributed by atoms with Crippen LogP contribution in [0, 0.1) is 0 Å². The fraction of sp³-hybridized carbons (Fsp3) is 0.200. The lowest BCUT2D eigenvalue weighted by molar-refractivity contribution is 0.310. The Labute approximate surface area is 186 Å². The molecule has 2 aromatic heterocycles. The van der Waals surface area contributed by atoms with E-state index < -0.39 is 0 Å². The summed E-state index contributed by atoms with van der Waals surface area (Å²) < 4.78 is 7.32. The number of nitrogens with zero attached hydrogens (tertiary/aromatic N) is 4. The Morgan fingerprint density at radius 2 is 1.62 bits per heavy atom. The highest BCUT2D eigenvalue weighted by molar-refractivity contribution is 5.79. The van der Waals surface area contributed by atoms with Crippen LogP contribution in [0.1, 0.15) is 25.5 Å². The minimum atomic E-state index is -0.242. The molecule has 162 valence electrons. The molecule has 0 saturated carbocycles. The first kappa shape index (κ1) is 21.2. The van der Waals surface area contributed by atoms with Gasteiger partial charge in [0.05, 0.1) is 23.9 Å². The fourth-order valence-electron chi connectivity index (χ4n) is 3.41. The molecule has 0 spiro atoms. The van der Waals surface area contributed by atoms with Crippen LogP contribution in [0.25, 0.3) is 22.5 Å². The van der Waals surface area contributed by atoms with E-state index in [2.05, 4.69) is 15.1 Å². The van der Waals surface area contributed by atoms with Gasteiger partial charge in [-0.2, -0.15) is 5.10 Å². The number of rotatable bonds is 7. The number of benzene rings is 2. The van der Waals surface area contributed by atoms with Crippen molar-refractivity contribution in [2.24, 2.45) is 0 Å². The van der Waals surface area contributed by atoms with Crippen molar-refractivity contribution in [1.82, 2.24) is 19.7 Å². The van der Waals surface area contributed by atoms with Crippen LogP contribution in [0.3, 0.4) is 0 Å². The summed E-state index contributed by atoms with van der Waals surface area (Å²) in [5.74, 6) is 0.391. The third-order valence-corrected chi connectivity index (χ3v) is 5.02. The maximum atomic E-state index is 13.2. The van der Waals surface area contributed by atoms with E-state index in [0.29, 0.717) is 30.0 Å². The Hall–Kier alpha value is -4.00. The Morgan fingerprint density at radius 3 is 2.31 bits per heavy atom. The van der Waals surface area contributed by atoms with E-state index in [1.807, 2.05) is 74.5 Å². The molecule has 0 aliphatic rings. The summed E-state index contributed by atoms with van der Waals surface area (Å²) in [6, 6.07) is 21.1. The van der Waals surface area contributed by atoms with Gasteiger partial charge in [0, 0.05) is 18.2 Å². The van der Waals surface area contributed by atoms with E-state index in [1.165, 1.54) is 4.68 Å². The highest BCUT2D eigenvalue weighted by Crippen LogP contribution is 2.31. The Kier molecular flexibility index (Phi) is 6.26. The van der Waals surface area contributed by atoms with Crippen LogP contribution in [-0.4, -0.2) is 26.4 Å². The van der Waals surface area contributed by atoms with Crippen LogP contribution in [0.15, 0.2) is 77.7 Å². The smallest absolute Gasteiger partial charge is 0.276 e. The third kappa shape index (κ3) is 4.51. The molecule has 0 fully saturated rings. The summed E-state index contributed by atoms with van der Waals surface area (Å²) >= 11 is 0. The molecule has 0 atom stereocenters. The van der Waals surface area contributed by atoms with Crippen molar-refractivity contribution in [2.75, 3.05) is 12.3 Å². The fourth-order valence-corrected chi connectivity index (χ4v) is 3.41. The van der Waals surface area contributed by atoms with E-state index >= 15 is 0 Å². The monoisotopic (exact) mass is 427 g/mol. The van der Waals surface area contributed by atoms with Crippen LogP contribution >= 0.6 is 0 Å². The largest absolute Gasteiger partial charge is 0.475 e. The number of nitrogens with two attached hydrogens (primary N) is 1. The molecule has 2 N–H and O–H groups in total. The lowest BCUT2D eigenvalue weighted by atomic mass is 10.1. The van der Waals surface area contributed by atoms with Crippen LogP contribution in [-0.2, 0) is 6.42 Å². The molecule has 32 heavy (non-hydrogen) atoms. The van der Waals surface area contributed by atoms with Gasteiger partial charge in [-0.15, -0.1) is 0 Å². The number of anilines is 1. The molecule has 0 radical (unpaired) electrons. The Morgan fingerprint density at radius 1 is 0.938 bits per heavy atom. The lowest BCUT2D eigenvalue weighted by Crippen LogP contribution is -2.26. The van der Waals surface area contributed by atoms with Gasteiger partial charge in [0.2, 0.25) is 0 Å². The summed E-state index contributed by atoms with van der Waals surface area (Å²) in [6.45, 7) is 4.20. The van der Waals surface area contributed by atoms with E-state index in [9.17, 15) is 4.79 Å². The second kappa shape index (κ2) is 9.43. The van der Waals surface area contributed by atoms with Crippen LogP contribution in [0.4, 0.5) is 5.82 Å². The van der Waals surface area contributed by atoms with Crippen molar-refractivity contribution in [3.05, 3.63) is 88.8 Å². The first-order valence-electron chi connectivity index (χ1n) is 10.5. The molecule has 0 amide bonds. The molecule has 7 nitrogen and oxygen atoms in total. The molecule has 0 unspecified atom stereocenters. The number of hydrogen-bond donors (Lipinski definition) is 1. The van der Waals surface area contributed by atoms with E-state index in [4.69, 9.17) is 10.5 Å². The van der Waals surface area contributed by atoms with Crippen LogP contribution in [0.5, 0.6) is 5.88 Å². The predicted octanol–water partition coefficient (Wildman–Crippen LogP) is 4.15. The predicted molar refractivity (Wildman–Crippen MR) is 125 cm³/mol. The maximum Gasteiger partial charge on any atom is 0.276 e. The van der Waals surface area contributed by atoms with Gasteiger partial charge in [-0.1, -0.05) is 60.7 Å². The standard InChI is InChI=1S/C25H25N5O2/c1-17(2)30-25(31)20(13-15-27-30)22-21(19-11-7-4-8-12-19)28-23(26)24(29-22)32-16-14-18-9-5-3-6-10-18/h3-13,15,17H,14,16H2,1-2H3,(H2,26,28). The Bertz CT molecular complexity index is 1250. The number of nitrogen functional groups attached to an aromatic ring is 1. The van der Waals surface area contributed by atoms with Crippen LogP contribution in [0.2, 0.25) is 0 Å². The number of ether oxygens (including phenoxy) is 1. The normalized spacial score (nSPS) is 11.0. The molecule has 4 rings (SSSR count). The highest BCUT2D eigenvalue weighted by atomic mass is 16.5. The molecule has 0 bridgehead atoms. The number of hydrogen-bond acceptors (Lipinski definition) is 6. The van der Waals surface area contributed by atoms with E-state index in [-0.39, 0.29) is 23.3 Å². The summed E-state index contributed by atoms with van der Waals surface area (Å²) in [4.78, 5) is 22.4. The average molecular weight is 428 g/mol. The molecule has 2 heterocycles. The van der Waals surface area contributed by atoms with Crippen molar-refractivity contribution in [3.63, 3.8) is 0 Å². The van der Waals surface area contributed by atoms with E-state index in [0.717, 1.165) is 11.1 Å².